The number of benzene rings is 1. The molecule has 4 rings (SSSR count). The van der Waals surface area contributed by atoms with Gasteiger partial charge in [0.05, 0.1) is 24.8 Å². The summed E-state index contributed by atoms with van der Waals surface area (Å²) in [7, 11) is 0. The Hall–Kier alpha value is -3.53. The van der Waals surface area contributed by atoms with Crippen LogP contribution in [0.1, 0.15) is 16.1 Å². The lowest BCUT2D eigenvalue weighted by Gasteiger charge is -2.27. The number of carbonyl (C=O) groups is 1. The minimum absolute atomic E-state index is 0.127. The van der Waals surface area contributed by atoms with E-state index in [1.807, 2.05) is 12.1 Å². The first kappa shape index (κ1) is 16.9. The highest BCUT2D eigenvalue weighted by Crippen LogP contribution is 2.20. The number of amides is 1. The predicted octanol–water partition coefficient (Wildman–Crippen LogP) is 0.325. The van der Waals surface area contributed by atoms with Gasteiger partial charge >= 0.3 is 0 Å². The number of carbonyl (C=O) groups excluding carboxylic acids is 1. The van der Waals surface area contributed by atoms with Crippen molar-refractivity contribution in [1.82, 2.24) is 25.3 Å². The normalized spacial score (nSPS) is 13.9. The molecule has 27 heavy (non-hydrogen) atoms. The molecule has 1 aliphatic heterocycles. The fourth-order valence-electron chi connectivity index (χ4n) is 2.69. The lowest BCUT2D eigenvalue weighted by atomic mass is 10.1. The van der Waals surface area contributed by atoms with Gasteiger partial charge in [-0.25, -0.2) is 15.0 Å². The van der Waals surface area contributed by atoms with E-state index in [0.717, 1.165) is 5.56 Å². The van der Waals surface area contributed by atoms with Crippen LogP contribution in [-0.2, 0) is 11.3 Å². The molecule has 1 aromatic carbocycles. The Kier molecular flexibility index (Phi) is 4.38. The Bertz CT molecular complexity index is 1010. The van der Waals surface area contributed by atoms with E-state index in [9.17, 15) is 4.79 Å². The zero-order valence-corrected chi connectivity index (χ0v) is 14.3. The first-order valence-corrected chi connectivity index (χ1v) is 8.34. The Morgan fingerprint density at radius 1 is 1.19 bits per heavy atom. The summed E-state index contributed by atoms with van der Waals surface area (Å²) in [6.07, 6.45) is 1.36. The van der Waals surface area contributed by atoms with E-state index < -0.39 is 0 Å². The van der Waals surface area contributed by atoms with Crippen molar-refractivity contribution in [3.63, 3.8) is 0 Å². The van der Waals surface area contributed by atoms with Gasteiger partial charge < -0.3 is 26.8 Å². The van der Waals surface area contributed by atoms with Gasteiger partial charge in [-0.2, -0.15) is 4.98 Å². The molecule has 0 aliphatic carbocycles. The van der Waals surface area contributed by atoms with E-state index in [1.54, 1.807) is 12.1 Å². The van der Waals surface area contributed by atoms with Crippen LogP contribution in [0.5, 0.6) is 0 Å². The van der Waals surface area contributed by atoms with Crippen molar-refractivity contribution in [3.05, 3.63) is 41.9 Å². The summed E-state index contributed by atoms with van der Waals surface area (Å²) in [6, 6.07) is 7.29. The average Bonchev–Trinajstić information content (AvgIpc) is 2.63. The molecule has 138 valence electrons. The van der Waals surface area contributed by atoms with Gasteiger partial charge in [0, 0.05) is 18.0 Å². The number of fused-ring (bicyclic) bond motifs is 1. The highest BCUT2D eigenvalue weighted by Gasteiger charge is 2.19. The van der Waals surface area contributed by atoms with Gasteiger partial charge in [-0.15, -0.1) is 0 Å². The molecule has 0 bridgehead atoms. The quantitative estimate of drug-likeness (QED) is 0.500. The molecule has 1 fully saturated rings. The maximum atomic E-state index is 12.4. The van der Waals surface area contributed by atoms with Gasteiger partial charge in [0.25, 0.3) is 5.91 Å². The molecule has 1 amide bonds. The van der Waals surface area contributed by atoms with Crippen molar-refractivity contribution in [3.8, 4) is 0 Å². The first-order valence-electron chi connectivity index (χ1n) is 8.34. The van der Waals surface area contributed by atoms with Gasteiger partial charge in [0.2, 0.25) is 5.95 Å². The van der Waals surface area contributed by atoms with Gasteiger partial charge in [-0.1, -0.05) is 6.07 Å². The van der Waals surface area contributed by atoms with E-state index in [-0.39, 0.29) is 23.6 Å². The van der Waals surface area contributed by atoms with Crippen molar-refractivity contribution in [2.75, 3.05) is 30.0 Å². The zero-order chi connectivity index (χ0) is 18.8. The number of hydrogen-bond acceptors (Lipinski definition) is 9. The van der Waals surface area contributed by atoms with Crippen molar-refractivity contribution < 1.29 is 9.53 Å². The van der Waals surface area contributed by atoms with Crippen LogP contribution >= 0.6 is 0 Å². The molecular weight excluding hydrogens is 348 g/mol. The summed E-state index contributed by atoms with van der Waals surface area (Å²) in [5.74, 6) is 0.725. The van der Waals surface area contributed by atoms with Crippen LogP contribution in [0.25, 0.3) is 10.9 Å². The number of nitrogens with one attached hydrogen (secondary N) is 2. The number of ether oxygens (including phenoxy) is 1. The molecule has 0 spiro atoms. The van der Waals surface area contributed by atoms with Crippen molar-refractivity contribution in [1.29, 1.82) is 0 Å². The molecule has 0 radical (unpaired) electrons. The maximum Gasteiger partial charge on any atom is 0.270 e. The molecule has 3 aromatic rings. The Morgan fingerprint density at radius 2 is 2.04 bits per heavy atom. The Labute approximate surface area is 154 Å². The monoisotopic (exact) mass is 366 g/mol. The molecule has 3 heterocycles. The largest absolute Gasteiger partial charge is 0.383 e. The Morgan fingerprint density at radius 3 is 2.81 bits per heavy atom. The first-order chi connectivity index (χ1) is 13.1. The minimum Gasteiger partial charge on any atom is -0.383 e. The molecule has 1 aliphatic rings. The van der Waals surface area contributed by atoms with Crippen LogP contribution in [-0.4, -0.2) is 45.1 Å². The van der Waals surface area contributed by atoms with Crippen LogP contribution in [0.4, 0.5) is 17.6 Å². The second-order valence-electron chi connectivity index (χ2n) is 6.17. The molecule has 0 saturated carbocycles. The topological polar surface area (TPSA) is 154 Å². The third-order valence-corrected chi connectivity index (χ3v) is 4.15. The predicted molar refractivity (Wildman–Crippen MR) is 99.8 cm³/mol. The smallest absolute Gasteiger partial charge is 0.270 e. The standard InChI is InChI=1S/C17H18N8O2/c18-15-11-3-9(1-2-12(11)24-17(19)25-15)5-20-16(26)13-4-14(22-8-21-13)23-10-6-27-7-10/h1-4,8,10H,5-7H2,(H,20,26)(H,21,22,23)(H4,18,19,24,25). The van der Waals surface area contributed by atoms with Crippen LogP contribution in [0.15, 0.2) is 30.6 Å². The fraction of sp³-hybridized carbons (Fsp3) is 0.235. The summed E-state index contributed by atoms with van der Waals surface area (Å²) in [6.45, 7) is 1.57. The van der Waals surface area contributed by atoms with E-state index in [4.69, 9.17) is 16.2 Å². The van der Waals surface area contributed by atoms with Crippen molar-refractivity contribution in [2.24, 2.45) is 0 Å². The van der Waals surface area contributed by atoms with Gasteiger partial charge in [-0.3, -0.25) is 4.79 Å². The summed E-state index contributed by atoms with van der Waals surface area (Å²) >= 11 is 0. The fourth-order valence-corrected chi connectivity index (χ4v) is 2.69. The summed E-state index contributed by atoms with van der Waals surface area (Å²) < 4.78 is 5.11. The lowest BCUT2D eigenvalue weighted by molar-refractivity contribution is 0.0209. The summed E-state index contributed by atoms with van der Waals surface area (Å²) in [5.41, 5.74) is 13.3. The third-order valence-electron chi connectivity index (χ3n) is 4.15. The van der Waals surface area contributed by atoms with Crippen LogP contribution in [0, 0.1) is 0 Å². The zero-order valence-electron chi connectivity index (χ0n) is 14.3. The van der Waals surface area contributed by atoms with Crippen molar-refractivity contribution in [2.45, 2.75) is 12.6 Å². The SMILES string of the molecule is Nc1nc(N)c2cc(CNC(=O)c3cc(NC4COC4)ncn3)ccc2n1. The van der Waals surface area contributed by atoms with Crippen LogP contribution < -0.4 is 22.1 Å². The molecule has 1 saturated heterocycles. The number of hydrogen-bond donors (Lipinski definition) is 4. The highest BCUT2D eigenvalue weighted by atomic mass is 16.5. The molecular formula is C17H18N8O2. The number of nitrogens with two attached hydrogens (primary N) is 2. The van der Waals surface area contributed by atoms with Gasteiger partial charge in [0.15, 0.2) is 0 Å². The van der Waals surface area contributed by atoms with E-state index in [0.29, 0.717) is 42.3 Å². The molecule has 10 nitrogen and oxygen atoms in total. The van der Waals surface area contributed by atoms with E-state index in [1.165, 1.54) is 6.33 Å². The number of rotatable bonds is 5. The second kappa shape index (κ2) is 7.00. The lowest BCUT2D eigenvalue weighted by Crippen LogP contribution is -2.40. The van der Waals surface area contributed by atoms with Gasteiger partial charge in [0.1, 0.15) is 23.7 Å². The van der Waals surface area contributed by atoms with Crippen LogP contribution in [0.2, 0.25) is 0 Å². The molecule has 0 unspecified atom stereocenters. The molecule has 6 N–H and O–H groups in total. The molecule has 2 aromatic heterocycles. The number of aromatic nitrogens is 4. The molecule has 10 heteroatoms. The number of anilines is 3. The maximum absolute atomic E-state index is 12.4. The Balaban J connectivity index is 1.44. The van der Waals surface area contributed by atoms with Gasteiger partial charge in [-0.05, 0) is 17.7 Å². The summed E-state index contributed by atoms with van der Waals surface area (Å²) in [5, 5.41) is 6.70. The summed E-state index contributed by atoms with van der Waals surface area (Å²) in [4.78, 5) is 28.6. The van der Waals surface area contributed by atoms with Crippen LogP contribution in [0.3, 0.4) is 0 Å². The molecule has 0 atom stereocenters. The van der Waals surface area contributed by atoms with E-state index >= 15 is 0 Å². The van der Waals surface area contributed by atoms with E-state index in [2.05, 4.69) is 30.6 Å². The average molecular weight is 366 g/mol. The number of nitrogen functional groups attached to an aromatic ring is 2. The second-order valence-corrected chi connectivity index (χ2v) is 6.17. The third kappa shape index (κ3) is 3.70. The minimum atomic E-state index is -0.299. The highest BCUT2D eigenvalue weighted by molar-refractivity contribution is 5.93. The van der Waals surface area contributed by atoms with Crippen molar-refractivity contribution >= 4 is 34.4 Å². The number of nitrogens with zero attached hydrogens (tertiary/aromatic N) is 4.